The van der Waals surface area contributed by atoms with Gasteiger partial charge in [0.05, 0.1) is 13.2 Å². The van der Waals surface area contributed by atoms with Gasteiger partial charge in [-0.1, -0.05) is 152 Å². The number of carbonyl (C=O) groups excluding carboxylic acids is 2. The van der Waals surface area contributed by atoms with Crippen LogP contribution >= 0.6 is 7.82 Å². The number of phosphoric acid groups is 1. The number of carbonyl (C=O) groups is 3. The minimum absolute atomic E-state index is 0.0687. The maximum Gasteiger partial charge on any atom is 0.472 e. The lowest BCUT2D eigenvalue weighted by Gasteiger charge is -2.20. The van der Waals surface area contributed by atoms with E-state index in [-0.39, 0.29) is 19.4 Å². The highest BCUT2D eigenvalue weighted by atomic mass is 31.2. The summed E-state index contributed by atoms with van der Waals surface area (Å²) in [4.78, 5) is 45.9. The molecule has 0 heterocycles. The van der Waals surface area contributed by atoms with Gasteiger partial charge < -0.3 is 25.2 Å². The lowest BCUT2D eigenvalue weighted by atomic mass is 10.1. The summed E-state index contributed by atoms with van der Waals surface area (Å²) in [7, 11) is -4.73. The summed E-state index contributed by atoms with van der Waals surface area (Å²) in [6.45, 7) is 2.65. The Balaban J connectivity index is 4.48. The van der Waals surface area contributed by atoms with Crippen molar-refractivity contribution in [3.8, 4) is 0 Å². The van der Waals surface area contributed by atoms with E-state index >= 15 is 0 Å². The van der Waals surface area contributed by atoms with Crippen LogP contribution in [0.25, 0.3) is 0 Å². The van der Waals surface area contributed by atoms with Gasteiger partial charge in [0, 0.05) is 12.8 Å². The van der Waals surface area contributed by atoms with Gasteiger partial charge in [0.15, 0.2) is 6.10 Å². The van der Waals surface area contributed by atoms with Crippen molar-refractivity contribution in [2.24, 2.45) is 5.73 Å². The molecule has 0 aliphatic heterocycles. The number of carboxylic acid groups (broad SMARTS) is 1. The molecule has 12 heteroatoms. The molecule has 1 unspecified atom stereocenters. The second-order valence-corrected chi connectivity index (χ2v) is 15.6. The van der Waals surface area contributed by atoms with Crippen molar-refractivity contribution < 1.29 is 47.5 Å². The molecule has 0 aromatic carbocycles. The highest BCUT2D eigenvalue weighted by Gasteiger charge is 2.28. The van der Waals surface area contributed by atoms with E-state index in [1.807, 2.05) is 6.08 Å². The predicted molar refractivity (Wildman–Crippen MR) is 226 cm³/mol. The van der Waals surface area contributed by atoms with Crippen LogP contribution < -0.4 is 5.73 Å². The molecule has 0 bridgehead atoms. The van der Waals surface area contributed by atoms with E-state index < -0.39 is 51.1 Å². The van der Waals surface area contributed by atoms with Gasteiger partial charge in [-0.15, -0.1) is 0 Å². The summed E-state index contributed by atoms with van der Waals surface area (Å²) in [6, 6.07) is -1.53. The summed E-state index contributed by atoms with van der Waals surface area (Å²) in [5.41, 5.74) is 5.32. The zero-order valence-electron chi connectivity index (χ0n) is 34.7. The predicted octanol–water partition coefficient (Wildman–Crippen LogP) is 11.2. The largest absolute Gasteiger partial charge is 0.480 e. The fourth-order valence-corrected chi connectivity index (χ4v) is 6.14. The number of allylic oxidation sites excluding steroid dienone is 10. The first-order valence-electron chi connectivity index (χ1n) is 21.3. The Kier molecular flexibility index (Phi) is 37.1. The average Bonchev–Trinajstić information content (AvgIpc) is 3.17. The van der Waals surface area contributed by atoms with E-state index in [0.29, 0.717) is 12.8 Å². The van der Waals surface area contributed by atoms with Crippen LogP contribution in [0.2, 0.25) is 0 Å². The summed E-state index contributed by atoms with van der Waals surface area (Å²) in [5.74, 6) is -2.48. The summed E-state index contributed by atoms with van der Waals surface area (Å²) < 4.78 is 32.6. The Morgan fingerprint density at radius 3 is 1.57 bits per heavy atom. The standard InChI is InChI=1S/C44H76NO10P/c1-3-5-7-9-11-13-15-17-19-20-22-23-25-27-29-31-33-35-42(46)52-37-40(38-53-56(50,51)54-39-41(45)44(48)49)55-43(47)36-34-32-30-28-26-24-21-18-16-14-12-10-8-6-4-2/h7,9,13,15,19-20,23,25,30,32,40-41H,3-6,8,10-12,14,16-18,21-22,24,26-29,31,33-39,45H2,1-2H3,(H,48,49)(H,50,51)/b9-7+,15-13+,20-19+,25-23+,32-30+/t40-,41+/m1/s1. The van der Waals surface area contributed by atoms with Crippen molar-refractivity contribution in [1.82, 2.24) is 0 Å². The normalized spacial score (nSPS) is 14.4. The van der Waals surface area contributed by atoms with Crippen molar-refractivity contribution in [3.63, 3.8) is 0 Å². The fourth-order valence-electron chi connectivity index (χ4n) is 5.37. The molecule has 0 aromatic rings. The Labute approximate surface area is 338 Å². The van der Waals surface area contributed by atoms with Crippen LogP contribution in [0, 0.1) is 0 Å². The molecule has 56 heavy (non-hydrogen) atoms. The van der Waals surface area contributed by atoms with Crippen molar-refractivity contribution in [3.05, 3.63) is 60.8 Å². The highest BCUT2D eigenvalue weighted by molar-refractivity contribution is 7.47. The number of esters is 2. The van der Waals surface area contributed by atoms with Crippen molar-refractivity contribution >= 4 is 25.7 Å². The molecule has 0 saturated heterocycles. The van der Waals surface area contributed by atoms with E-state index in [1.54, 1.807) is 0 Å². The lowest BCUT2D eigenvalue weighted by molar-refractivity contribution is -0.161. The minimum Gasteiger partial charge on any atom is -0.480 e. The molecule has 4 N–H and O–H groups in total. The van der Waals surface area contributed by atoms with Crippen LogP contribution in [0.5, 0.6) is 0 Å². The van der Waals surface area contributed by atoms with Gasteiger partial charge in [0.25, 0.3) is 0 Å². The number of rotatable bonds is 39. The average molecular weight is 810 g/mol. The van der Waals surface area contributed by atoms with Crippen LogP contribution in [-0.4, -0.2) is 59.9 Å². The van der Waals surface area contributed by atoms with Gasteiger partial charge >= 0.3 is 25.7 Å². The second kappa shape index (κ2) is 39.0. The van der Waals surface area contributed by atoms with Crippen LogP contribution in [0.15, 0.2) is 60.8 Å². The van der Waals surface area contributed by atoms with Crippen LogP contribution in [0.1, 0.15) is 168 Å². The molecule has 0 saturated carbocycles. The van der Waals surface area contributed by atoms with Gasteiger partial charge in [0.2, 0.25) is 0 Å². The topological polar surface area (TPSA) is 172 Å². The number of nitrogens with two attached hydrogens (primary N) is 1. The molecule has 3 atom stereocenters. The molecular weight excluding hydrogens is 733 g/mol. The molecule has 0 amide bonds. The zero-order valence-corrected chi connectivity index (χ0v) is 35.6. The number of ether oxygens (including phenoxy) is 2. The Morgan fingerprint density at radius 2 is 1.02 bits per heavy atom. The van der Waals surface area contributed by atoms with Crippen molar-refractivity contribution in [1.29, 1.82) is 0 Å². The smallest absolute Gasteiger partial charge is 0.472 e. The van der Waals surface area contributed by atoms with Crippen LogP contribution in [0.4, 0.5) is 0 Å². The first-order valence-corrected chi connectivity index (χ1v) is 22.8. The van der Waals surface area contributed by atoms with Gasteiger partial charge in [-0.3, -0.25) is 23.4 Å². The Hall–Kier alpha value is -2.82. The third-order valence-corrected chi connectivity index (χ3v) is 9.68. The number of unbranched alkanes of at least 4 members (excludes halogenated alkanes) is 15. The second-order valence-electron chi connectivity index (χ2n) is 14.1. The Morgan fingerprint density at radius 1 is 0.554 bits per heavy atom. The molecule has 0 radical (unpaired) electrons. The summed E-state index contributed by atoms with van der Waals surface area (Å²) in [5, 5.41) is 8.88. The molecule has 0 aromatic heterocycles. The molecule has 0 aliphatic rings. The number of carboxylic acids is 1. The molecular formula is C44H76NO10P. The minimum atomic E-state index is -4.73. The van der Waals surface area contributed by atoms with E-state index in [1.165, 1.54) is 70.6 Å². The number of hydrogen-bond donors (Lipinski definition) is 3. The third-order valence-electron chi connectivity index (χ3n) is 8.73. The van der Waals surface area contributed by atoms with E-state index in [2.05, 4.69) is 73.1 Å². The van der Waals surface area contributed by atoms with Gasteiger partial charge in [0.1, 0.15) is 12.6 Å². The molecule has 0 spiro atoms. The maximum atomic E-state index is 12.6. The van der Waals surface area contributed by atoms with Crippen molar-refractivity contribution in [2.75, 3.05) is 19.8 Å². The molecule has 322 valence electrons. The summed E-state index contributed by atoms with van der Waals surface area (Å²) in [6.07, 6.45) is 44.4. The SMILES string of the molecule is CCC/C=C/C/C=C/C/C=C/C/C=C/CCCCCC(=O)OC[C@H](COP(=O)(O)OC[C@H](N)C(=O)O)OC(=O)CC/C=C/CCCCCCCCCCCCC. The first-order chi connectivity index (χ1) is 27.1. The maximum absolute atomic E-state index is 12.6. The quantitative estimate of drug-likeness (QED) is 0.0233. The first kappa shape index (κ1) is 53.2. The van der Waals surface area contributed by atoms with E-state index in [9.17, 15) is 23.8 Å². The number of hydrogen-bond acceptors (Lipinski definition) is 9. The van der Waals surface area contributed by atoms with Gasteiger partial charge in [-0.25, -0.2) is 4.57 Å². The highest BCUT2D eigenvalue weighted by Crippen LogP contribution is 2.43. The van der Waals surface area contributed by atoms with Gasteiger partial charge in [-0.2, -0.15) is 0 Å². The molecule has 0 aliphatic carbocycles. The third kappa shape index (κ3) is 38.1. The van der Waals surface area contributed by atoms with Crippen LogP contribution in [-0.2, 0) is 37.5 Å². The van der Waals surface area contributed by atoms with E-state index in [0.717, 1.165) is 57.8 Å². The summed E-state index contributed by atoms with van der Waals surface area (Å²) >= 11 is 0. The Bertz CT molecular complexity index is 1180. The fraction of sp³-hybridized carbons (Fsp3) is 0.705. The van der Waals surface area contributed by atoms with Crippen LogP contribution in [0.3, 0.4) is 0 Å². The monoisotopic (exact) mass is 810 g/mol. The van der Waals surface area contributed by atoms with Crippen molar-refractivity contribution in [2.45, 2.75) is 180 Å². The molecule has 11 nitrogen and oxygen atoms in total. The molecule has 0 fully saturated rings. The van der Waals surface area contributed by atoms with E-state index in [4.69, 9.17) is 24.8 Å². The number of aliphatic carboxylic acids is 1. The zero-order chi connectivity index (χ0) is 41.4. The lowest BCUT2D eigenvalue weighted by Crippen LogP contribution is -2.34. The van der Waals surface area contributed by atoms with Gasteiger partial charge in [-0.05, 0) is 64.2 Å². The molecule has 0 rings (SSSR count). The number of phosphoric ester groups is 1.